The lowest BCUT2D eigenvalue weighted by atomic mass is 9.74. The lowest BCUT2D eigenvalue weighted by Crippen LogP contribution is -2.31. The number of benzene rings is 2. The molecule has 2 atom stereocenters. The van der Waals surface area contributed by atoms with Crippen molar-refractivity contribution in [3.63, 3.8) is 0 Å². The highest BCUT2D eigenvalue weighted by Gasteiger charge is 2.41. The topological polar surface area (TPSA) is 113 Å². The van der Waals surface area contributed by atoms with Crippen LogP contribution in [0.25, 0.3) is 5.69 Å². The number of carboxylic acids is 1. The smallest absolute Gasteiger partial charge is 0.341 e. The Morgan fingerprint density at radius 2 is 1.81 bits per heavy atom. The molecule has 0 spiro atoms. The van der Waals surface area contributed by atoms with E-state index in [-0.39, 0.29) is 17.3 Å². The van der Waals surface area contributed by atoms with Crippen LogP contribution in [0.15, 0.2) is 88.2 Å². The van der Waals surface area contributed by atoms with E-state index in [0.29, 0.717) is 41.2 Å². The predicted octanol–water partition coefficient (Wildman–Crippen LogP) is 4.65. The number of para-hydroxylation sites is 1. The van der Waals surface area contributed by atoms with Gasteiger partial charge < -0.3 is 15.2 Å². The van der Waals surface area contributed by atoms with E-state index < -0.39 is 18.5 Å². The zero-order chi connectivity index (χ0) is 25.5. The van der Waals surface area contributed by atoms with Gasteiger partial charge in [0.05, 0.1) is 11.3 Å². The van der Waals surface area contributed by atoms with Gasteiger partial charge in [-0.1, -0.05) is 36.4 Å². The number of hydrogen-bond acceptors (Lipinski definition) is 6. The van der Waals surface area contributed by atoms with E-state index in [1.165, 1.54) is 9.56 Å². The highest BCUT2D eigenvalue weighted by Crippen LogP contribution is 2.47. The number of fused-ring (bicyclic) bond motifs is 1. The number of carboxylic acid groups (broad SMARTS) is 1. The number of Topliss-reactive ketones (excluding diaryl/α,β-unsaturated/α-hetero) is 1. The van der Waals surface area contributed by atoms with Crippen LogP contribution in [0, 0.1) is 0 Å². The van der Waals surface area contributed by atoms with Gasteiger partial charge in [-0.05, 0) is 47.7 Å². The SMILES string of the molecule is O=C(O)COc1ccc(C2C3=C(CC(c4cccs4)CC3=O)Nc3[nH]n(-c4ccccc4)c(=O)c32)cc1. The fraction of sp³-hybridized carbons (Fsp3) is 0.179. The van der Waals surface area contributed by atoms with Gasteiger partial charge in [0.15, 0.2) is 12.4 Å². The summed E-state index contributed by atoms with van der Waals surface area (Å²) in [6.07, 6.45) is 1.04. The standard InChI is InChI=1S/C28H23N3O5S/c32-21-14-17(22-7-4-12-37-22)13-20-25(21)24(16-8-10-19(11-9-16)36-15-23(33)34)26-27(29-20)30-31(28(26)35)18-5-2-1-3-6-18/h1-12,17,24,29-30H,13-15H2,(H,33,34). The van der Waals surface area contributed by atoms with Crippen LogP contribution in [0.5, 0.6) is 5.75 Å². The number of nitrogens with one attached hydrogen (secondary N) is 2. The van der Waals surface area contributed by atoms with E-state index in [2.05, 4.69) is 16.5 Å². The molecule has 186 valence electrons. The lowest BCUT2D eigenvalue weighted by molar-refractivity contribution is -0.139. The average molecular weight is 514 g/mol. The van der Waals surface area contributed by atoms with Gasteiger partial charge in [0.2, 0.25) is 0 Å². The molecule has 2 aliphatic rings. The molecule has 1 aliphatic carbocycles. The number of allylic oxidation sites excluding steroid dienone is 2. The van der Waals surface area contributed by atoms with Gasteiger partial charge in [-0.15, -0.1) is 11.3 Å². The van der Waals surface area contributed by atoms with Crippen molar-refractivity contribution in [1.82, 2.24) is 9.78 Å². The van der Waals surface area contributed by atoms with Gasteiger partial charge in [-0.25, -0.2) is 9.48 Å². The number of anilines is 1. The number of aliphatic carboxylic acids is 1. The third kappa shape index (κ3) is 4.17. The van der Waals surface area contributed by atoms with Crippen molar-refractivity contribution >= 4 is 28.9 Å². The van der Waals surface area contributed by atoms with E-state index in [4.69, 9.17) is 9.84 Å². The molecule has 6 rings (SSSR count). The van der Waals surface area contributed by atoms with Crippen LogP contribution in [0.3, 0.4) is 0 Å². The Kier molecular flexibility index (Phi) is 5.77. The molecule has 2 aromatic heterocycles. The first-order valence-electron chi connectivity index (χ1n) is 11.9. The van der Waals surface area contributed by atoms with Crippen molar-refractivity contribution in [2.45, 2.75) is 24.7 Å². The van der Waals surface area contributed by atoms with Crippen molar-refractivity contribution in [2.75, 3.05) is 11.9 Å². The summed E-state index contributed by atoms with van der Waals surface area (Å²) in [4.78, 5) is 39.4. The number of hydrogen-bond donors (Lipinski definition) is 3. The van der Waals surface area contributed by atoms with E-state index in [0.717, 1.165) is 11.3 Å². The minimum Gasteiger partial charge on any atom is -0.482 e. The molecule has 9 heteroatoms. The molecule has 4 aromatic rings. The summed E-state index contributed by atoms with van der Waals surface area (Å²) in [6.45, 7) is -0.450. The molecule has 2 unspecified atom stereocenters. The van der Waals surface area contributed by atoms with Gasteiger partial charge >= 0.3 is 5.97 Å². The monoisotopic (exact) mass is 513 g/mol. The number of carbonyl (C=O) groups excluding carboxylic acids is 1. The fourth-order valence-electron chi connectivity index (χ4n) is 5.21. The van der Waals surface area contributed by atoms with Gasteiger partial charge in [0.1, 0.15) is 11.6 Å². The summed E-state index contributed by atoms with van der Waals surface area (Å²) < 4.78 is 6.78. The Morgan fingerprint density at radius 3 is 2.51 bits per heavy atom. The molecule has 8 nitrogen and oxygen atoms in total. The number of aromatic nitrogens is 2. The zero-order valence-corrected chi connectivity index (χ0v) is 20.5. The second-order valence-corrected chi connectivity index (χ2v) is 10.1. The number of ketones is 1. The molecular formula is C28H23N3O5S. The number of ether oxygens (including phenoxy) is 1. The van der Waals surface area contributed by atoms with Crippen molar-refractivity contribution in [2.24, 2.45) is 0 Å². The fourth-order valence-corrected chi connectivity index (χ4v) is 6.04. The maximum atomic E-state index is 13.7. The van der Waals surface area contributed by atoms with Crippen LogP contribution < -0.4 is 15.6 Å². The van der Waals surface area contributed by atoms with Gasteiger partial charge in [-0.2, -0.15) is 0 Å². The first kappa shape index (κ1) is 23.1. The van der Waals surface area contributed by atoms with Crippen molar-refractivity contribution in [3.8, 4) is 11.4 Å². The third-order valence-corrected chi connectivity index (χ3v) is 7.86. The van der Waals surface area contributed by atoms with E-state index in [1.807, 2.05) is 41.8 Å². The molecule has 3 N–H and O–H groups in total. The van der Waals surface area contributed by atoms with E-state index in [1.54, 1.807) is 35.6 Å². The summed E-state index contributed by atoms with van der Waals surface area (Å²) >= 11 is 1.65. The minimum atomic E-state index is -1.07. The van der Waals surface area contributed by atoms with Crippen LogP contribution in [0.2, 0.25) is 0 Å². The van der Waals surface area contributed by atoms with Crippen molar-refractivity contribution in [3.05, 3.63) is 110 Å². The second kappa shape index (κ2) is 9.25. The first-order chi connectivity index (χ1) is 18.0. The Morgan fingerprint density at radius 1 is 1.03 bits per heavy atom. The average Bonchev–Trinajstić information content (AvgIpc) is 3.56. The van der Waals surface area contributed by atoms with Crippen LogP contribution in [-0.2, 0) is 9.59 Å². The van der Waals surface area contributed by atoms with E-state index >= 15 is 0 Å². The Hall–Kier alpha value is -4.37. The molecule has 3 heterocycles. The number of aromatic amines is 1. The Labute approximate surface area is 215 Å². The van der Waals surface area contributed by atoms with Gasteiger partial charge in [0, 0.05) is 34.4 Å². The first-order valence-corrected chi connectivity index (χ1v) is 12.8. The van der Waals surface area contributed by atoms with Crippen LogP contribution >= 0.6 is 11.3 Å². The maximum absolute atomic E-state index is 13.7. The van der Waals surface area contributed by atoms with Crippen molar-refractivity contribution in [1.29, 1.82) is 0 Å². The molecule has 1 aliphatic heterocycles. The highest BCUT2D eigenvalue weighted by molar-refractivity contribution is 7.10. The summed E-state index contributed by atoms with van der Waals surface area (Å²) in [7, 11) is 0. The maximum Gasteiger partial charge on any atom is 0.341 e. The van der Waals surface area contributed by atoms with Crippen LogP contribution in [0.1, 0.15) is 40.7 Å². The number of H-pyrrole nitrogens is 1. The highest BCUT2D eigenvalue weighted by atomic mass is 32.1. The third-order valence-electron chi connectivity index (χ3n) is 6.82. The second-order valence-electron chi connectivity index (χ2n) is 9.12. The number of nitrogens with zero attached hydrogens (tertiary/aromatic N) is 1. The summed E-state index contributed by atoms with van der Waals surface area (Å²) in [5.74, 6) is -0.563. The summed E-state index contributed by atoms with van der Waals surface area (Å²) in [6, 6.07) is 20.3. The normalized spacial score (nSPS) is 18.6. The Bertz CT molecular complexity index is 1570. The summed E-state index contributed by atoms with van der Waals surface area (Å²) in [5, 5.41) is 17.5. The number of rotatable bonds is 6. The lowest BCUT2D eigenvalue weighted by Gasteiger charge is -2.34. The predicted molar refractivity (Wildman–Crippen MR) is 140 cm³/mol. The molecule has 0 bridgehead atoms. The van der Waals surface area contributed by atoms with Gasteiger partial charge in [0.25, 0.3) is 5.56 Å². The number of carbonyl (C=O) groups is 2. The molecule has 0 saturated heterocycles. The molecule has 37 heavy (non-hydrogen) atoms. The quantitative estimate of drug-likeness (QED) is 0.346. The minimum absolute atomic E-state index is 0.0147. The zero-order valence-electron chi connectivity index (χ0n) is 19.6. The molecule has 0 saturated carbocycles. The molecule has 0 radical (unpaired) electrons. The Balaban J connectivity index is 1.46. The molecule has 0 fully saturated rings. The van der Waals surface area contributed by atoms with Crippen LogP contribution in [0.4, 0.5) is 5.82 Å². The van der Waals surface area contributed by atoms with Crippen LogP contribution in [-0.4, -0.2) is 33.2 Å². The van der Waals surface area contributed by atoms with Crippen molar-refractivity contribution < 1.29 is 19.4 Å². The molecular weight excluding hydrogens is 490 g/mol. The molecule has 2 aromatic carbocycles. The molecule has 0 amide bonds. The van der Waals surface area contributed by atoms with Gasteiger partial charge in [-0.3, -0.25) is 14.7 Å². The van der Waals surface area contributed by atoms with E-state index in [9.17, 15) is 14.4 Å². The number of thiophene rings is 1. The largest absolute Gasteiger partial charge is 0.482 e. The summed E-state index contributed by atoms with van der Waals surface area (Å²) in [5.41, 5.74) is 3.13.